The molecule has 2 heterocycles. The average molecular weight is 291 g/mol. The maximum absolute atomic E-state index is 11.0. The molecule has 0 unspecified atom stereocenters. The van der Waals surface area contributed by atoms with E-state index in [1.54, 1.807) is 12.1 Å². The molecule has 2 aliphatic heterocycles. The van der Waals surface area contributed by atoms with Gasteiger partial charge in [-0.05, 0) is 25.0 Å². The number of rotatable bonds is 3. The van der Waals surface area contributed by atoms with Crippen LogP contribution in [0.2, 0.25) is 0 Å². The van der Waals surface area contributed by atoms with Crippen LogP contribution in [0.5, 0.6) is 0 Å². The highest BCUT2D eigenvalue weighted by Crippen LogP contribution is 2.25. The molecule has 3 rings (SSSR count). The molecule has 2 aliphatic rings. The number of hydrogen-bond acceptors (Lipinski definition) is 5. The van der Waals surface area contributed by atoms with E-state index < -0.39 is 0 Å². The summed E-state index contributed by atoms with van der Waals surface area (Å²) < 4.78 is 5.27. The van der Waals surface area contributed by atoms with Gasteiger partial charge in [-0.2, -0.15) is 0 Å². The second-order valence-corrected chi connectivity index (χ2v) is 5.85. The summed E-state index contributed by atoms with van der Waals surface area (Å²) in [5, 5.41) is 11.0. The summed E-state index contributed by atoms with van der Waals surface area (Å²) in [5.74, 6) is 0. The van der Waals surface area contributed by atoms with Gasteiger partial charge in [0.1, 0.15) is 0 Å². The number of ether oxygens (including phenoxy) is 1. The summed E-state index contributed by atoms with van der Waals surface area (Å²) in [6.07, 6.45) is 1.08. The highest BCUT2D eigenvalue weighted by Gasteiger charge is 2.27. The Morgan fingerprint density at radius 2 is 2.00 bits per heavy atom. The molecule has 0 N–H and O–H groups in total. The summed E-state index contributed by atoms with van der Waals surface area (Å²) in [7, 11) is 0. The van der Waals surface area contributed by atoms with Gasteiger partial charge in [0.2, 0.25) is 0 Å². The van der Waals surface area contributed by atoms with Crippen LogP contribution < -0.4 is 4.90 Å². The summed E-state index contributed by atoms with van der Waals surface area (Å²) >= 11 is 0. The van der Waals surface area contributed by atoms with Crippen molar-refractivity contribution in [1.29, 1.82) is 0 Å². The molecule has 0 aromatic heterocycles. The topological polar surface area (TPSA) is 58.8 Å². The SMILES string of the molecule is Cc1cc(N2CCCN(C3COC3)CC2)cc([N+](=O)[O-])c1. The van der Waals surface area contributed by atoms with Gasteiger partial charge in [-0.25, -0.2) is 0 Å². The van der Waals surface area contributed by atoms with Gasteiger partial charge < -0.3 is 9.64 Å². The first-order valence-corrected chi connectivity index (χ1v) is 7.46. The van der Waals surface area contributed by atoms with Crippen molar-refractivity contribution in [2.75, 3.05) is 44.3 Å². The summed E-state index contributed by atoms with van der Waals surface area (Å²) in [6.45, 7) is 7.54. The van der Waals surface area contributed by atoms with E-state index in [0.717, 1.165) is 57.1 Å². The highest BCUT2D eigenvalue weighted by atomic mass is 16.6. The van der Waals surface area contributed by atoms with E-state index in [9.17, 15) is 10.1 Å². The second-order valence-electron chi connectivity index (χ2n) is 5.85. The van der Waals surface area contributed by atoms with Crippen molar-refractivity contribution in [3.05, 3.63) is 33.9 Å². The third kappa shape index (κ3) is 3.16. The number of nitro groups is 1. The number of aryl methyl sites for hydroxylation is 1. The molecule has 1 aromatic carbocycles. The van der Waals surface area contributed by atoms with Gasteiger partial charge in [-0.1, -0.05) is 0 Å². The summed E-state index contributed by atoms with van der Waals surface area (Å²) in [5.41, 5.74) is 2.08. The number of non-ortho nitro benzene ring substituents is 1. The van der Waals surface area contributed by atoms with Crippen molar-refractivity contribution in [1.82, 2.24) is 4.90 Å². The van der Waals surface area contributed by atoms with Gasteiger partial charge in [0.05, 0.1) is 24.2 Å². The number of nitro benzene ring substituents is 1. The molecule has 21 heavy (non-hydrogen) atoms. The van der Waals surface area contributed by atoms with Crippen molar-refractivity contribution in [3.8, 4) is 0 Å². The Hall–Kier alpha value is -1.66. The van der Waals surface area contributed by atoms with Crippen LogP contribution in [-0.4, -0.2) is 55.3 Å². The van der Waals surface area contributed by atoms with Crippen LogP contribution in [0.3, 0.4) is 0 Å². The third-order valence-corrected chi connectivity index (χ3v) is 4.29. The largest absolute Gasteiger partial charge is 0.378 e. The zero-order valence-corrected chi connectivity index (χ0v) is 12.3. The molecule has 2 fully saturated rings. The lowest BCUT2D eigenvalue weighted by molar-refractivity contribution is -0.384. The zero-order chi connectivity index (χ0) is 14.8. The molecule has 0 spiro atoms. The van der Waals surface area contributed by atoms with Crippen molar-refractivity contribution < 1.29 is 9.66 Å². The van der Waals surface area contributed by atoms with E-state index in [-0.39, 0.29) is 10.6 Å². The first kappa shape index (κ1) is 14.3. The van der Waals surface area contributed by atoms with Crippen molar-refractivity contribution in [2.24, 2.45) is 0 Å². The quantitative estimate of drug-likeness (QED) is 0.628. The monoisotopic (exact) mass is 291 g/mol. The maximum Gasteiger partial charge on any atom is 0.271 e. The molecule has 6 nitrogen and oxygen atoms in total. The van der Waals surface area contributed by atoms with Gasteiger partial charge in [0.15, 0.2) is 0 Å². The Balaban J connectivity index is 1.73. The molecule has 6 heteroatoms. The van der Waals surface area contributed by atoms with Crippen molar-refractivity contribution in [2.45, 2.75) is 19.4 Å². The van der Waals surface area contributed by atoms with Crippen LogP contribution >= 0.6 is 0 Å². The lowest BCUT2D eigenvalue weighted by Gasteiger charge is -2.36. The molecule has 2 saturated heterocycles. The molecule has 114 valence electrons. The van der Waals surface area contributed by atoms with Crippen LogP contribution in [0.4, 0.5) is 11.4 Å². The molecule has 0 bridgehead atoms. The lowest BCUT2D eigenvalue weighted by Crippen LogP contribution is -2.50. The summed E-state index contributed by atoms with van der Waals surface area (Å²) in [6, 6.07) is 5.92. The first-order valence-electron chi connectivity index (χ1n) is 7.46. The number of hydrogen-bond donors (Lipinski definition) is 0. The predicted octanol–water partition coefficient (Wildman–Crippen LogP) is 1.81. The molecule has 1 aromatic rings. The van der Waals surface area contributed by atoms with Crippen LogP contribution in [0, 0.1) is 17.0 Å². The summed E-state index contributed by atoms with van der Waals surface area (Å²) in [4.78, 5) is 15.4. The molecule has 0 aliphatic carbocycles. The van der Waals surface area contributed by atoms with Crippen molar-refractivity contribution in [3.63, 3.8) is 0 Å². The van der Waals surface area contributed by atoms with E-state index in [4.69, 9.17) is 4.74 Å². The highest BCUT2D eigenvalue weighted by molar-refractivity contribution is 5.55. The zero-order valence-electron chi connectivity index (χ0n) is 12.3. The van der Waals surface area contributed by atoms with Gasteiger partial charge in [0.25, 0.3) is 5.69 Å². The fourth-order valence-electron chi connectivity index (χ4n) is 3.03. The van der Waals surface area contributed by atoms with Gasteiger partial charge in [0, 0.05) is 44.0 Å². The minimum Gasteiger partial charge on any atom is -0.378 e. The van der Waals surface area contributed by atoms with Crippen LogP contribution in [0.15, 0.2) is 18.2 Å². The number of nitrogens with zero attached hydrogens (tertiary/aromatic N) is 3. The molecular formula is C15H21N3O3. The number of anilines is 1. The van der Waals surface area contributed by atoms with Crippen LogP contribution in [-0.2, 0) is 4.74 Å². The smallest absolute Gasteiger partial charge is 0.271 e. The van der Waals surface area contributed by atoms with E-state index in [2.05, 4.69) is 9.80 Å². The fraction of sp³-hybridized carbons (Fsp3) is 0.600. The minimum absolute atomic E-state index is 0.179. The number of benzene rings is 1. The van der Waals surface area contributed by atoms with Gasteiger partial charge in [-0.3, -0.25) is 15.0 Å². The Bertz CT molecular complexity index is 531. The van der Waals surface area contributed by atoms with E-state index in [1.165, 1.54) is 0 Å². The normalized spacial score (nSPS) is 20.9. The average Bonchev–Trinajstić information content (AvgIpc) is 2.62. The minimum atomic E-state index is -0.313. The van der Waals surface area contributed by atoms with E-state index in [1.807, 2.05) is 13.0 Å². The fourth-order valence-corrected chi connectivity index (χ4v) is 3.03. The standard InChI is InChI=1S/C15H21N3O3/c1-12-7-13(9-14(8-12)18(19)20)16-3-2-4-17(6-5-16)15-10-21-11-15/h7-9,15H,2-6,10-11H2,1H3. The molecule has 0 amide bonds. The molecular weight excluding hydrogens is 270 g/mol. The molecule has 0 atom stereocenters. The van der Waals surface area contributed by atoms with Crippen LogP contribution in [0.25, 0.3) is 0 Å². The Morgan fingerprint density at radius 3 is 2.67 bits per heavy atom. The first-order chi connectivity index (χ1) is 10.1. The Labute approximate surface area is 124 Å². The third-order valence-electron chi connectivity index (χ3n) is 4.29. The van der Waals surface area contributed by atoms with Crippen molar-refractivity contribution >= 4 is 11.4 Å². The second kappa shape index (κ2) is 5.99. The lowest BCUT2D eigenvalue weighted by atomic mass is 10.1. The van der Waals surface area contributed by atoms with Crippen LogP contribution in [0.1, 0.15) is 12.0 Å². The molecule has 0 saturated carbocycles. The van der Waals surface area contributed by atoms with E-state index in [0.29, 0.717) is 6.04 Å². The van der Waals surface area contributed by atoms with E-state index >= 15 is 0 Å². The van der Waals surface area contributed by atoms with Gasteiger partial charge in [-0.15, -0.1) is 0 Å². The maximum atomic E-state index is 11.0. The Kier molecular flexibility index (Phi) is 4.07. The van der Waals surface area contributed by atoms with Gasteiger partial charge >= 0.3 is 0 Å². The molecule has 0 radical (unpaired) electrons. The Morgan fingerprint density at radius 1 is 1.19 bits per heavy atom. The predicted molar refractivity (Wildman–Crippen MR) is 80.8 cm³/mol.